The molecule has 0 saturated heterocycles. The van der Waals surface area contributed by atoms with Crippen LogP contribution in [0.1, 0.15) is 11.1 Å². The fraction of sp³-hybridized carbons (Fsp3) is 0.250. The van der Waals surface area contributed by atoms with E-state index in [9.17, 15) is 4.79 Å². The quantitative estimate of drug-likeness (QED) is 0.453. The molecule has 0 aliphatic carbocycles. The lowest BCUT2D eigenvalue weighted by Gasteiger charge is -2.23. The summed E-state index contributed by atoms with van der Waals surface area (Å²) in [5.41, 5.74) is 1.87. The van der Waals surface area contributed by atoms with Crippen molar-refractivity contribution in [3.8, 4) is 17.4 Å². The molecule has 0 aliphatic heterocycles. The summed E-state index contributed by atoms with van der Waals surface area (Å²) in [6.45, 7) is 1.07. The predicted molar refractivity (Wildman–Crippen MR) is 116 cm³/mol. The van der Waals surface area contributed by atoms with Crippen molar-refractivity contribution >= 4 is 6.09 Å². The number of hydrogen-bond donors (Lipinski definition) is 0. The van der Waals surface area contributed by atoms with Gasteiger partial charge in [-0.05, 0) is 41.5 Å². The highest BCUT2D eigenvalue weighted by molar-refractivity contribution is 5.67. The Morgan fingerprint density at radius 2 is 1.48 bits per heavy atom. The van der Waals surface area contributed by atoms with Crippen LogP contribution >= 0.6 is 0 Å². The second-order valence-corrected chi connectivity index (χ2v) is 6.69. The molecule has 1 amide bonds. The molecule has 162 valence electrons. The highest BCUT2D eigenvalue weighted by Crippen LogP contribution is 2.19. The minimum Gasteiger partial charge on any atom is -0.497 e. The zero-order valence-corrected chi connectivity index (χ0v) is 17.7. The summed E-state index contributed by atoms with van der Waals surface area (Å²) >= 11 is 0. The molecule has 0 spiro atoms. The number of nitrogens with zero attached hydrogens (tertiary/aromatic N) is 2. The van der Waals surface area contributed by atoms with Gasteiger partial charge in [-0.25, -0.2) is 9.78 Å². The largest absolute Gasteiger partial charge is 0.497 e. The first-order valence-corrected chi connectivity index (χ1v) is 9.89. The van der Waals surface area contributed by atoms with E-state index in [0.29, 0.717) is 19.0 Å². The number of methoxy groups -OCH3 is 2. The van der Waals surface area contributed by atoms with Crippen molar-refractivity contribution in [2.75, 3.05) is 27.4 Å². The minimum absolute atomic E-state index is 0.113. The van der Waals surface area contributed by atoms with Gasteiger partial charge in [0.25, 0.3) is 0 Å². The lowest BCUT2D eigenvalue weighted by atomic mass is 10.1. The predicted octanol–water partition coefficient (Wildman–Crippen LogP) is 4.32. The SMILES string of the molecule is COc1cccc(CN(Cc2cccc(OC)c2)C(=O)OCCOc2ccccn2)c1. The molecule has 0 N–H and O–H groups in total. The highest BCUT2D eigenvalue weighted by atomic mass is 16.6. The Balaban J connectivity index is 1.65. The van der Waals surface area contributed by atoms with Gasteiger partial charge in [-0.2, -0.15) is 0 Å². The average molecular weight is 422 g/mol. The first-order chi connectivity index (χ1) is 15.2. The van der Waals surface area contributed by atoms with Crippen LogP contribution in [0.25, 0.3) is 0 Å². The molecule has 0 unspecified atom stereocenters. The molecule has 0 saturated carbocycles. The summed E-state index contributed by atoms with van der Waals surface area (Å²) in [6, 6.07) is 20.6. The molecule has 31 heavy (non-hydrogen) atoms. The molecule has 3 aromatic rings. The van der Waals surface area contributed by atoms with Gasteiger partial charge in [0, 0.05) is 25.4 Å². The number of rotatable bonds is 10. The van der Waals surface area contributed by atoms with Crippen molar-refractivity contribution in [2.45, 2.75) is 13.1 Å². The highest BCUT2D eigenvalue weighted by Gasteiger charge is 2.17. The number of pyridine rings is 1. The normalized spacial score (nSPS) is 10.3. The Morgan fingerprint density at radius 3 is 2.03 bits per heavy atom. The zero-order chi connectivity index (χ0) is 21.9. The van der Waals surface area contributed by atoms with Gasteiger partial charge in [0.15, 0.2) is 0 Å². The smallest absolute Gasteiger partial charge is 0.410 e. The van der Waals surface area contributed by atoms with Crippen molar-refractivity contribution in [3.63, 3.8) is 0 Å². The van der Waals surface area contributed by atoms with Crippen molar-refractivity contribution in [2.24, 2.45) is 0 Å². The third-order valence-electron chi connectivity index (χ3n) is 4.47. The van der Waals surface area contributed by atoms with Crippen molar-refractivity contribution in [3.05, 3.63) is 84.1 Å². The molecule has 1 heterocycles. The maximum atomic E-state index is 12.8. The molecule has 0 aliphatic rings. The van der Waals surface area contributed by atoms with Crippen LogP contribution in [-0.2, 0) is 17.8 Å². The summed E-state index contributed by atoms with van der Waals surface area (Å²) in [5.74, 6) is 1.95. The maximum absolute atomic E-state index is 12.8. The van der Waals surface area contributed by atoms with E-state index >= 15 is 0 Å². The summed E-state index contributed by atoms with van der Waals surface area (Å²) in [4.78, 5) is 18.5. The van der Waals surface area contributed by atoms with Crippen LogP contribution < -0.4 is 14.2 Å². The van der Waals surface area contributed by atoms with Gasteiger partial charge in [0.05, 0.1) is 14.2 Å². The van der Waals surface area contributed by atoms with Crippen molar-refractivity contribution in [1.82, 2.24) is 9.88 Å². The fourth-order valence-electron chi connectivity index (χ4n) is 2.97. The van der Waals surface area contributed by atoms with E-state index in [2.05, 4.69) is 4.98 Å². The van der Waals surface area contributed by atoms with Gasteiger partial charge in [-0.15, -0.1) is 0 Å². The first kappa shape index (κ1) is 22.0. The Hall–Kier alpha value is -3.74. The number of carbonyl (C=O) groups excluding carboxylic acids is 1. The molecule has 0 atom stereocenters. The van der Waals surface area contributed by atoms with E-state index in [4.69, 9.17) is 18.9 Å². The van der Waals surface area contributed by atoms with Crippen molar-refractivity contribution < 1.29 is 23.7 Å². The molecule has 7 nitrogen and oxygen atoms in total. The molecule has 0 radical (unpaired) electrons. The number of ether oxygens (including phenoxy) is 4. The van der Waals surface area contributed by atoms with Crippen LogP contribution in [0.4, 0.5) is 4.79 Å². The van der Waals surface area contributed by atoms with E-state index in [1.165, 1.54) is 0 Å². The molecule has 0 bridgehead atoms. The van der Waals surface area contributed by atoms with Crippen LogP contribution in [0.15, 0.2) is 72.9 Å². The fourth-order valence-corrected chi connectivity index (χ4v) is 2.97. The molecule has 7 heteroatoms. The van der Waals surface area contributed by atoms with E-state index in [-0.39, 0.29) is 13.2 Å². The van der Waals surface area contributed by atoms with Crippen LogP contribution in [0, 0.1) is 0 Å². The van der Waals surface area contributed by atoms with Crippen LogP contribution in [0.5, 0.6) is 17.4 Å². The number of carbonyl (C=O) groups is 1. The Kier molecular flexibility index (Phi) is 8.11. The zero-order valence-electron chi connectivity index (χ0n) is 17.7. The lowest BCUT2D eigenvalue weighted by Crippen LogP contribution is -2.31. The second-order valence-electron chi connectivity index (χ2n) is 6.69. The number of aromatic nitrogens is 1. The first-order valence-electron chi connectivity index (χ1n) is 9.89. The number of benzene rings is 2. The monoisotopic (exact) mass is 422 g/mol. The standard InChI is InChI=1S/C24H26N2O5/c1-28-21-9-5-7-19(15-21)17-26(18-20-8-6-10-22(16-20)29-2)24(27)31-14-13-30-23-11-3-4-12-25-23/h3-12,15-16H,13-14,17-18H2,1-2H3. The van der Waals surface area contributed by atoms with Crippen molar-refractivity contribution in [1.29, 1.82) is 0 Å². The van der Waals surface area contributed by atoms with Gasteiger partial charge in [-0.3, -0.25) is 4.90 Å². The van der Waals surface area contributed by atoms with E-state index in [1.807, 2.05) is 60.7 Å². The van der Waals surface area contributed by atoms with Gasteiger partial charge >= 0.3 is 6.09 Å². The summed E-state index contributed by atoms with van der Waals surface area (Å²) in [6.07, 6.45) is 1.21. The van der Waals surface area contributed by atoms with Gasteiger partial charge in [0.2, 0.25) is 5.88 Å². The third-order valence-corrected chi connectivity index (χ3v) is 4.47. The topological polar surface area (TPSA) is 70.1 Å². The van der Waals surface area contributed by atoms with Crippen LogP contribution in [-0.4, -0.2) is 43.4 Å². The third kappa shape index (κ3) is 6.92. The van der Waals surface area contributed by atoms with Crippen LogP contribution in [0.2, 0.25) is 0 Å². The Morgan fingerprint density at radius 1 is 0.839 bits per heavy atom. The van der Waals surface area contributed by atoms with Gasteiger partial charge in [-0.1, -0.05) is 30.3 Å². The number of amides is 1. The molecule has 3 rings (SSSR count). The number of hydrogen-bond acceptors (Lipinski definition) is 6. The average Bonchev–Trinajstić information content (AvgIpc) is 2.82. The van der Waals surface area contributed by atoms with E-state index in [0.717, 1.165) is 22.6 Å². The summed E-state index contributed by atoms with van der Waals surface area (Å²) in [7, 11) is 3.23. The maximum Gasteiger partial charge on any atom is 0.410 e. The molecular formula is C24H26N2O5. The van der Waals surface area contributed by atoms with Gasteiger partial charge in [0.1, 0.15) is 24.7 Å². The Bertz CT molecular complexity index is 915. The molecular weight excluding hydrogens is 396 g/mol. The minimum atomic E-state index is -0.435. The summed E-state index contributed by atoms with van der Waals surface area (Å²) < 4.78 is 21.5. The second kappa shape index (κ2) is 11.4. The van der Waals surface area contributed by atoms with E-state index in [1.54, 1.807) is 31.4 Å². The molecule has 0 fully saturated rings. The van der Waals surface area contributed by atoms with Gasteiger partial charge < -0.3 is 18.9 Å². The molecule has 1 aromatic heterocycles. The van der Waals surface area contributed by atoms with E-state index < -0.39 is 6.09 Å². The molecule has 2 aromatic carbocycles. The lowest BCUT2D eigenvalue weighted by molar-refractivity contribution is 0.0829. The Labute approximate surface area is 182 Å². The summed E-state index contributed by atoms with van der Waals surface area (Å²) in [5, 5.41) is 0. The van der Waals surface area contributed by atoms with Crippen LogP contribution in [0.3, 0.4) is 0 Å².